The number of hydrogen-bond acceptors (Lipinski definition) is 1. The summed E-state index contributed by atoms with van der Waals surface area (Å²) in [5.74, 6) is 0. The molecule has 0 heterocycles. The van der Waals surface area contributed by atoms with Crippen molar-refractivity contribution in [1.82, 2.24) is 0 Å². The molecular weight excluding hydrogens is 176 g/mol. The summed E-state index contributed by atoms with van der Waals surface area (Å²) in [7, 11) is -1.22. The summed E-state index contributed by atoms with van der Waals surface area (Å²) in [6.45, 7) is 10.6. The summed E-state index contributed by atoms with van der Waals surface area (Å²) >= 11 is 5.77. The van der Waals surface area contributed by atoms with Gasteiger partial charge in [0.05, 0.1) is 8.07 Å². The topological polar surface area (TPSA) is 9.23 Å². The van der Waals surface area contributed by atoms with E-state index in [-0.39, 0.29) is 0 Å². The third kappa shape index (κ3) is 7.69. The molecule has 0 saturated heterocycles. The number of halogens is 1. The first-order valence-electron chi connectivity index (χ1n) is 3.58. The summed E-state index contributed by atoms with van der Waals surface area (Å²) in [5.41, 5.74) is 2.01. The van der Waals surface area contributed by atoms with Crippen LogP contribution in [0.1, 0.15) is 0 Å². The number of hydrogen-bond donors (Lipinski definition) is 0. The third-order valence-electron chi connectivity index (χ3n) is 0.886. The van der Waals surface area contributed by atoms with E-state index in [2.05, 4.69) is 26.2 Å². The lowest BCUT2D eigenvalue weighted by Gasteiger charge is -2.10. The van der Waals surface area contributed by atoms with Gasteiger partial charge in [0.1, 0.15) is 6.61 Å². The smallest absolute Gasteiger partial charge is 0.179 e. The molecule has 0 fully saturated rings. The second-order valence-electron chi connectivity index (χ2n) is 3.41. The molecule has 0 aliphatic heterocycles. The van der Waals surface area contributed by atoms with Crippen molar-refractivity contribution in [1.29, 1.82) is 0 Å². The van der Waals surface area contributed by atoms with Gasteiger partial charge < -0.3 is 4.74 Å². The highest BCUT2D eigenvalue weighted by Gasteiger charge is 2.10. The Morgan fingerprint density at radius 2 is 2.09 bits per heavy atom. The van der Waals surface area contributed by atoms with E-state index in [4.69, 9.17) is 16.3 Å². The molecule has 0 unspecified atom stereocenters. The maximum absolute atomic E-state index is 5.77. The van der Waals surface area contributed by atoms with Gasteiger partial charge in [-0.15, -0.1) is 0 Å². The van der Waals surface area contributed by atoms with Crippen molar-refractivity contribution in [2.24, 2.45) is 0 Å². The van der Waals surface area contributed by atoms with Crippen LogP contribution in [-0.4, -0.2) is 14.7 Å². The maximum atomic E-state index is 5.77. The number of rotatable bonds is 4. The molecule has 0 spiro atoms. The monoisotopic (exact) mass is 190 g/mol. The second kappa shape index (κ2) is 4.62. The first-order valence-corrected chi connectivity index (χ1v) is 7.53. The normalized spacial score (nSPS) is 12.9. The van der Waals surface area contributed by atoms with Gasteiger partial charge in [-0.1, -0.05) is 32.3 Å². The highest BCUT2D eigenvalue weighted by Crippen LogP contribution is 2.11. The van der Waals surface area contributed by atoms with Crippen LogP contribution in [-0.2, 0) is 4.74 Å². The summed E-state index contributed by atoms with van der Waals surface area (Å²) in [5, 5.41) is 0.504. The summed E-state index contributed by atoms with van der Waals surface area (Å²) in [6.07, 6.45) is 1.68. The lowest BCUT2D eigenvalue weighted by molar-refractivity contribution is 0.275. The van der Waals surface area contributed by atoms with E-state index < -0.39 is 8.07 Å². The van der Waals surface area contributed by atoms with Crippen LogP contribution in [0.2, 0.25) is 19.6 Å². The minimum Gasteiger partial charge on any atom is -0.479 e. The predicted molar refractivity (Wildman–Crippen MR) is 53.4 cm³/mol. The fourth-order valence-electron chi connectivity index (χ4n) is 0.521. The zero-order valence-corrected chi connectivity index (χ0v) is 9.11. The van der Waals surface area contributed by atoms with Gasteiger partial charge in [0.25, 0.3) is 0 Å². The van der Waals surface area contributed by atoms with Gasteiger partial charge in [-0.05, 0) is 17.3 Å². The summed E-state index contributed by atoms with van der Waals surface area (Å²) in [4.78, 5) is 0. The van der Waals surface area contributed by atoms with E-state index in [1.165, 1.54) is 0 Å². The Hall–Kier alpha value is -0.213. The van der Waals surface area contributed by atoms with Crippen molar-refractivity contribution in [3.05, 3.63) is 23.6 Å². The Morgan fingerprint density at radius 3 is 2.45 bits per heavy atom. The highest BCUT2D eigenvalue weighted by molar-refractivity contribution is 6.81. The van der Waals surface area contributed by atoms with E-state index in [1.54, 1.807) is 6.08 Å². The van der Waals surface area contributed by atoms with Crippen LogP contribution in [0.25, 0.3) is 0 Å². The molecule has 0 aliphatic carbocycles. The molecule has 0 amide bonds. The molecule has 0 aromatic carbocycles. The molecule has 0 aromatic rings. The van der Waals surface area contributed by atoms with E-state index >= 15 is 0 Å². The fourth-order valence-corrected chi connectivity index (χ4v) is 2.33. The molecule has 0 saturated carbocycles. The molecule has 0 aliphatic rings. The van der Waals surface area contributed by atoms with Crippen molar-refractivity contribution in [3.8, 4) is 0 Å². The Labute approximate surface area is 74.7 Å². The molecular formula is C8H15ClOSi. The first-order chi connectivity index (χ1) is 4.95. The van der Waals surface area contributed by atoms with Crippen molar-refractivity contribution < 1.29 is 4.74 Å². The molecule has 0 radical (unpaired) electrons. The number of ether oxygens (including phenoxy) is 1. The second-order valence-corrected chi connectivity index (χ2v) is 8.81. The largest absolute Gasteiger partial charge is 0.479 e. The van der Waals surface area contributed by atoms with Gasteiger partial charge >= 0.3 is 0 Å². The fraction of sp³-hybridized carbons (Fsp3) is 0.500. The summed E-state index contributed by atoms with van der Waals surface area (Å²) < 4.78 is 5.11. The standard InChI is InChI=1S/C8H15ClOSi/c1-5-6-10-8(9)7-11(2,3)4/h5,7H,1,6H2,2-4H3/b8-7-. The van der Waals surface area contributed by atoms with Gasteiger partial charge in [-0.25, -0.2) is 0 Å². The molecule has 64 valence electrons. The quantitative estimate of drug-likeness (QED) is 0.376. The Bertz CT molecular complexity index is 158. The lowest BCUT2D eigenvalue weighted by atomic mass is 10.7. The molecule has 0 bridgehead atoms. The SMILES string of the molecule is C=CCO/C(Cl)=C\[Si](C)(C)C. The van der Waals surface area contributed by atoms with Crippen molar-refractivity contribution in [2.45, 2.75) is 19.6 Å². The van der Waals surface area contributed by atoms with Gasteiger partial charge in [0, 0.05) is 0 Å². The van der Waals surface area contributed by atoms with E-state index in [1.807, 2.05) is 5.70 Å². The van der Waals surface area contributed by atoms with Crippen LogP contribution in [0.15, 0.2) is 23.6 Å². The highest BCUT2D eigenvalue weighted by atomic mass is 35.5. The van der Waals surface area contributed by atoms with Gasteiger partial charge in [-0.2, -0.15) is 0 Å². The average molecular weight is 191 g/mol. The van der Waals surface area contributed by atoms with Gasteiger partial charge in [-0.3, -0.25) is 0 Å². The van der Waals surface area contributed by atoms with Crippen LogP contribution in [0.4, 0.5) is 0 Å². The molecule has 0 N–H and O–H groups in total. The van der Waals surface area contributed by atoms with Crippen molar-refractivity contribution >= 4 is 19.7 Å². The molecule has 0 atom stereocenters. The van der Waals surface area contributed by atoms with Crippen LogP contribution in [0.3, 0.4) is 0 Å². The average Bonchev–Trinajstić information content (AvgIpc) is 1.79. The van der Waals surface area contributed by atoms with E-state index in [0.29, 0.717) is 11.8 Å². The zero-order chi connectivity index (χ0) is 8.91. The van der Waals surface area contributed by atoms with Crippen LogP contribution >= 0.6 is 11.6 Å². The predicted octanol–water partition coefficient (Wildman–Crippen LogP) is 3.15. The third-order valence-corrected chi connectivity index (χ3v) is 2.41. The summed E-state index contributed by atoms with van der Waals surface area (Å²) in [6, 6.07) is 0. The Morgan fingerprint density at radius 1 is 1.55 bits per heavy atom. The van der Waals surface area contributed by atoms with Crippen LogP contribution in [0, 0.1) is 0 Å². The van der Waals surface area contributed by atoms with Gasteiger partial charge in [0.2, 0.25) is 0 Å². The minimum absolute atomic E-state index is 0.486. The van der Waals surface area contributed by atoms with E-state index in [0.717, 1.165) is 0 Å². The molecule has 0 aromatic heterocycles. The molecule has 1 nitrogen and oxygen atoms in total. The van der Waals surface area contributed by atoms with E-state index in [9.17, 15) is 0 Å². The van der Waals surface area contributed by atoms with Gasteiger partial charge in [0.15, 0.2) is 5.22 Å². The molecule has 11 heavy (non-hydrogen) atoms. The van der Waals surface area contributed by atoms with Crippen molar-refractivity contribution in [3.63, 3.8) is 0 Å². The van der Waals surface area contributed by atoms with Crippen LogP contribution < -0.4 is 0 Å². The Kier molecular flexibility index (Phi) is 4.53. The lowest BCUT2D eigenvalue weighted by Crippen LogP contribution is -2.16. The molecule has 3 heteroatoms. The molecule has 0 rings (SSSR count). The zero-order valence-electron chi connectivity index (χ0n) is 7.36. The first kappa shape index (κ1) is 10.8. The maximum Gasteiger partial charge on any atom is 0.179 e. The van der Waals surface area contributed by atoms with Crippen molar-refractivity contribution in [2.75, 3.05) is 6.61 Å². The Balaban J connectivity index is 3.90. The minimum atomic E-state index is -1.22. The van der Waals surface area contributed by atoms with Crippen LogP contribution in [0.5, 0.6) is 0 Å².